The van der Waals surface area contributed by atoms with E-state index in [0.717, 1.165) is 42.7 Å². The van der Waals surface area contributed by atoms with Crippen molar-refractivity contribution in [2.75, 3.05) is 39.3 Å². The van der Waals surface area contributed by atoms with Gasteiger partial charge in [0.1, 0.15) is 0 Å². The zero-order valence-electron chi connectivity index (χ0n) is 18.7. The second-order valence-corrected chi connectivity index (χ2v) is 9.40. The normalized spacial score (nSPS) is 20.7. The fourth-order valence-corrected chi connectivity index (χ4v) is 4.92. The Labute approximate surface area is 185 Å². The molecule has 2 amide bonds. The smallest absolute Gasteiger partial charge is 0.251 e. The molecule has 2 aromatic rings. The lowest BCUT2D eigenvalue weighted by atomic mass is 9.94. The average Bonchev–Trinajstić information content (AvgIpc) is 2.80. The summed E-state index contributed by atoms with van der Waals surface area (Å²) in [6.07, 6.45) is 5.27. The lowest BCUT2D eigenvalue weighted by Gasteiger charge is -2.38. The number of piperidine rings is 2. The molecule has 1 N–H and O–H groups in total. The molecular formula is C26H35N3O2. The molecule has 0 bridgehead atoms. The molecule has 2 aliphatic rings. The van der Waals surface area contributed by atoms with Gasteiger partial charge in [0.05, 0.1) is 0 Å². The average molecular weight is 422 g/mol. The van der Waals surface area contributed by atoms with E-state index in [0.29, 0.717) is 24.4 Å². The zero-order valence-corrected chi connectivity index (χ0v) is 18.7. The fraction of sp³-hybridized carbons (Fsp3) is 0.538. The predicted octanol–water partition coefficient (Wildman–Crippen LogP) is 3.93. The molecule has 1 unspecified atom stereocenters. The summed E-state index contributed by atoms with van der Waals surface area (Å²) in [6.45, 7) is 7.97. The molecule has 1 atom stereocenters. The van der Waals surface area contributed by atoms with Crippen molar-refractivity contribution in [3.8, 4) is 0 Å². The molecule has 0 saturated carbocycles. The van der Waals surface area contributed by atoms with Gasteiger partial charge in [-0.2, -0.15) is 0 Å². The van der Waals surface area contributed by atoms with Gasteiger partial charge in [-0.1, -0.05) is 37.3 Å². The van der Waals surface area contributed by atoms with E-state index >= 15 is 0 Å². The summed E-state index contributed by atoms with van der Waals surface area (Å²) in [7, 11) is 0. The van der Waals surface area contributed by atoms with Crippen LogP contribution in [0.4, 0.5) is 0 Å². The van der Waals surface area contributed by atoms with Gasteiger partial charge in [-0.15, -0.1) is 0 Å². The summed E-state index contributed by atoms with van der Waals surface area (Å²) in [5, 5.41) is 5.09. The van der Waals surface area contributed by atoms with Crippen molar-refractivity contribution in [2.45, 2.75) is 39.0 Å². The van der Waals surface area contributed by atoms with E-state index in [1.54, 1.807) is 0 Å². The van der Waals surface area contributed by atoms with Crippen molar-refractivity contribution in [1.82, 2.24) is 15.1 Å². The highest BCUT2D eigenvalue weighted by Crippen LogP contribution is 2.22. The summed E-state index contributed by atoms with van der Waals surface area (Å²) in [5.74, 6) is 1.48. The summed E-state index contributed by atoms with van der Waals surface area (Å²) < 4.78 is 0. The molecule has 31 heavy (non-hydrogen) atoms. The van der Waals surface area contributed by atoms with Gasteiger partial charge in [-0.05, 0) is 73.5 Å². The third-order valence-electron chi connectivity index (χ3n) is 6.90. The first-order chi connectivity index (χ1) is 15.1. The first kappa shape index (κ1) is 21.8. The van der Waals surface area contributed by atoms with Crippen molar-refractivity contribution in [2.24, 2.45) is 11.8 Å². The fourth-order valence-electron chi connectivity index (χ4n) is 4.92. The van der Waals surface area contributed by atoms with E-state index in [1.807, 2.05) is 47.4 Å². The Bertz CT molecular complexity index is 904. The standard InChI is InChI=1S/C26H35N3O2/c1-20-11-15-28(16-12-20)18-21-5-4-14-29(19-21)25(30)10-13-27-26(31)24-9-8-22-6-2-3-7-23(22)17-24/h2-3,6-9,17,20-21H,4-5,10-16,18-19H2,1H3,(H,27,31). The topological polar surface area (TPSA) is 52.6 Å². The number of amides is 2. The minimum atomic E-state index is -0.116. The zero-order chi connectivity index (χ0) is 21.6. The Hall–Kier alpha value is -2.40. The number of hydrogen-bond donors (Lipinski definition) is 1. The highest BCUT2D eigenvalue weighted by atomic mass is 16.2. The molecule has 4 rings (SSSR count). The van der Waals surface area contributed by atoms with Crippen LogP contribution in [0.3, 0.4) is 0 Å². The van der Waals surface area contributed by atoms with Crippen LogP contribution in [0.15, 0.2) is 42.5 Å². The number of nitrogens with one attached hydrogen (secondary N) is 1. The number of carbonyl (C=O) groups excluding carboxylic acids is 2. The van der Waals surface area contributed by atoms with Crippen LogP contribution >= 0.6 is 0 Å². The van der Waals surface area contributed by atoms with Crippen molar-refractivity contribution in [3.63, 3.8) is 0 Å². The molecule has 2 aromatic carbocycles. The van der Waals surface area contributed by atoms with E-state index in [1.165, 1.54) is 32.4 Å². The second kappa shape index (κ2) is 10.3. The van der Waals surface area contributed by atoms with Gasteiger partial charge in [-0.25, -0.2) is 0 Å². The number of fused-ring (bicyclic) bond motifs is 1. The molecular weight excluding hydrogens is 386 g/mol. The molecule has 0 aliphatic carbocycles. The molecule has 2 fully saturated rings. The Morgan fingerprint density at radius 1 is 1.00 bits per heavy atom. The second-order valence-electron chi connectivity index (χ2n) is 9.40. The van der Waals surface area contributed by atoms with Crippen molar-refractivity contribution >= 4 is 22.6 Å². The van der Waals surface area contributed by atoms with Gasteiger partial charge in [-0.3, -0.25) is 9.59 Å². The highest BCUT2D eigenvalue weighted by molar-refractivity contribution is 5.98. The molecule has 0 spiro atoms. The maximum absolute atomic E-state index is 12.7. The number of likely N-dealkylation sites (tertiary alicyclic amines) is 2. The molecule has 5 heteroatoms. The van der Waals surface area contributed by atoms with Gasteiger partial charge in [0.25, 0.3) is 5.91 Å². The van der Waals surface area contributed by atoms with Gasteiger partial charge >= 0.3 is 0 Å². The van der Waals surface area contributed by atoms with Crippen molar-refractivity contribution < 1.29 is 9.59 Å². The van der Waals surface area contributed by atoms with Crippen LogP contribution in [-0.4, -0.2) is 60.9 Å². The quantitative estimate of drug-likeness (QED) is 0.769. The van der Waals surface area contributed by atoms with Crippen molar-refractivity contribution in [1.29, 1.82) is 0 Å². The van der Waals surface area contributed by atoms with E-state index in [-0.39, 0.29) is 11.8 Å². The largest absolute Gasteiger partial charge is 0.352 e. The van der Waals surface area contributed by atoms with Crippen molar-refractivity contribution in [3.05, 3.63) is 48.0 Å². The van der Waals surface area contributed by atoms with E-state index in [4.69, 9.17) is 0 Å². The maximum Gasteiger partial charge on any atom is 0.251 e. The van der Waals surface area contributed by atoms with Crippen LogP contribution in [0.5, 0.6) is 0 Å². The Morgan fingerprint density at radius 2 is 1.77 bits per heavy atom. The van der Waals surface area contributed by atoms with Crippen LogP contribution in [-0.2, 0) is 4.79 Å². The predicted molar refractivity (Wildman–Crippen MR) is 125 cm³/mol. The highest BCUT2D eigenvalue weighted by Gasteiger charge is 2.26. The summed E-state index contributed by atoms with van der Waals surface area (Å²) >= 11 is 0. The minimum Gasteiger partial charge on any atom is -0.352 e. The monoisotopic (exact) mass is 421 g/mol. The summed E-state index contributed by atoms with van der Waals surface area (Å²) in [6, 6.07) is 13.7. The minimum absolute atomic E-state index is 0.116. The molecule has 5 nitrogen and oxygen atoms in total. The lowest BCUT2D eigenvalue weighted by molar-refractivity contribution is -0.133. The van der Waals surface area contributed by atoms with Gasteiger partial charge in [0, 0.05) is 38.2 Å². The van der Waals surface area contributed by atoms with Crippen LogP contribution in [0.1, 0.15) is 49.4 Å². The van der Waals surface area contributed by atoms with Gasteiger partial charge in [0.2, 0.25) is 5.91 Å². The number of carbonyl (C=O) groups is 2. The number of benzene rings is 2. The number of nitrogens with zero attached hydrogens (tertiary/aromatic N) is 2. The first-order valence-electron chi connectivity index (χ1n) is 11.9. The number of rotatable bonds is 6. The Kier molecular flexibility index (Phi) is 7.23. The molecule has 2 aliphatic heterocycles. The van der Waals surface area contributed by atoms with Gasteiger partial charge < -0.3 is 15.1 Å². The molecule has 166 valence electrons. The van der Waals surface area contributed by atoms with E-state index in [9.17, 15) is 9.59 Å². The maximum atomic E-state index is 12.7. The first-order valence-corrected chi connectivity index (χ1v) is 11.9. The van der Waals surface area contributed by atoms with Crippen LogP contribution in [0.25, 0.3) is 10.8 Å². The van der Waals surface area contributed by atoms with E-state index in [2.05, 4.69) is 17.1 Å². The molecule has 2 saturated heterocycles. The SMILES string of the molecule is CC1CCN(CC2CCCN(C(=O)CCNC(=O)c3ccc4ccccc4c3)C2)CC1. The third kappa shape index (κ3) is 5.85. The Morgan fingerprint density at radius 3 is 2.58 bits per heavy atom. The third-order valence-corrected chi connectivity index (χ3v) is 6.90. The van der Waals surface area contributed by atoms with Crippen LogP contribution in [0.2, 0.25) is 0 Å². The summed E-state index contributed by atoms with van der Waals surface area (Å²) in [4.78, 5) is 29.8. The molecule has 0 radical (unpaired) electrons. The van der Waals surface area contributed by atoms with E-state index < -0.39 is 0 Å². The van der Waals surface area contributed by atoms with Gasteiger partial charge in [0.15, 0.2) is 0 Å². The lowest BCUT2D eigenvalue weighted by Crippen LogP contribution is -2.45. The number of hydrogen-bond acceptors (Lipinski definition) is 3. The van der Waals surface area contributed by atoms with Crippen LogP contribution in [0, 0.1) is 11.8 Å². The van der Waals surface area contributed by atoms with Crippen LogP contribution < -0.4 is 5.32 Å². The Balaban J connectivity index is 1.22. The summed E-state index contributed by atoms with van der Waals surface area (Å²) in [5.41, 5.74) is 0.639. The molecule has 0 aromatic heterocycles. The molecule has 2 heterocycles.